The molecule has 1 amide bonds. The van der Waals surface area contributed by atoms with Crippen molar-refractivity contribution < 1.29 is 4.79 Å². The maximum atomic E-state index is 12.0. The second kappa shape index (κ2) is 5.95. The van der Waals surface area contributed by atoms with Crippen LogP contribution in [0.2, 0.25) is 0 Å². The molecular formula is C17H21N3O. The fourth-order valence-corrected chi connectivity index (χ4v) is 1.81. The zero-order chi connectivity index (χ0) is 15.5. The number of amides is 1. The van der Waals surface area contributed by atoms with Crippen molar-refractivity contribution in [2.45, 2.75) is 33.2 Å². The summed E-state index contributed by atoms with van der Waals surface area (Å²) in [6.07, 6.45) is 1.66. The third kappa shape index (κ3) is 4.60. The lowest BCUT2D eigenvalue weighted by atomic mass is 10.1. The van der Waals surface area contributed by atoms with Crippen molar-refractivity contribution >= 4 is 17.3 Å². The lowest BCUT2D eigenvalue weighted by Crippen LogP contribution is -2.40. The summed E-state index contributed by atoms with van der Waals surface area (Å²) in [6.45, 7) is 7.88. The molecule has 0 bridgehead atoms. The van der Waals surface area contributed by atoms with Crippen molar-refractivity contribution in [3.63, 3.8) is 0 Å². The van der Waals surface area contributed by atoms with E-state index in [1.807, 2.05) is 58.0 Å². The quantitative estimate of drug-likeness (QED) is 0.903. The Balaban J connectivity index is 2.05. The number of anilines is 2. The molecule has 110 valence electrons. The van der Waals surface area contributed by atoms with Crippen molar-refractivity contribution in [3.05, 3.63) is 53.9 Å². The Morgan fingerprint density at radius 1 is 1.00 bits per heavy atom. The van der Waals surface area contributed by atoms with Crippen LogP contribution in [0, 0.1) is 6.92 Å². The Labute approximate surface area is 125 Å². The summed E-state index contributed by atoms with van der Waals surface area (Å²) < 4.78 is 0. The molecule has 0 aliphatic rings. The number of nitrogens with one attached hydrogen (secondary N) is 2. The van der Waals surface area contributed by atoms with Crippen LogP contribution in [-0.4, -0.2) is 16.4 Å². The molecule has 21 heavy (non-hydrogen) atoms. The number of aromatic nitrogens is 1. The molecule has 0 aliphatic carbocycles. The van der Waals surface area contributed by atoms with Gasteiger partial charge in [-0.15, -0.1) is 0 Å². The monoisotopic (exact) mass is 283 g/mol. The van der Waals surface area contributed by atoms with Crippen molar-refractivity contribution in [3.8, 4) is 0 Å². The second-order valence-electron chi connectivity index (χ2n) is 6.13. The highest BCUT2D eigenvalue weighted by Gasteiger charge is 2.15. The first-order valence-corrected chi connectivity index (χ1v) is 6.96. The van der Waals surface area contributed by atoms with Gasteiger partial charge in [0.1, 0.15) is 5.69 Å². The number of pyridine rings is 1. The van der Waals surface area contributed by atoms with Crippen LogP contribution in [0.1, 0.15) is 36.8 Å². The largest absolute Gasteiger partial charge is 0.354 e. The van der Waals surface area contributed by atoms with Crippen LogP contribution in [-0.2, 0) is 0 Å². The first kappa shape index (κ1) is 15.0. The molecule has 4 nitrogen and oxygen atoms in total. The molecule has 2 rings (SSSR count). The molecule has 2 aromatic rings. The van der Waals surface area contributed by atoms with E-state index in [9.17, 15) is 4.79 Å². The van der Waals surface area contributed by atoms with E-state index < -0.39 is 0 Å². The molecule has 0 saturated heterocycles. The van der Waals surface area contributed by atoms with Gasteiger partial charge in [-0.05, 0) is 52.0 Å². The third-order valence-corrected chi connectivity index (χ3v) is 2.82. The number of aryl methyl sites for hydroxylation is 1. The molecule has 0 fully saturated rings. The van der Waals surface area contributed by atoms with Gasteiger partial charge in [-0.25, -0.2) is 4.98 Å². The molecule has 2 N–H and O–H groups in total. The highest BCUT2D eigenvalue weighted by molar-refractivity contribution is 5.92. The van der Waals surface area contributed by atoms with E-state index in [1.54, 1.807) is 12.3 Å². The van der Waals surface area contributed by atoms with Crippen molar-refractivity contribution in [1.29, 1.82) is 0 Å². The minimum absolute atomic E-state index is 0.163. The molecule has 1 aromatic heterocycles. The number of carbonyl (C=O) groups is 1. The van der Waals surface area contributed by atoms with Crippen LogP contribution in [0.3, 0.4) is 0 Å². The van der Waals surface area contributed by atoms with Crippen LogP contribution < -0.4 is 10.6 Å². The van der Waals surface area contributed by atoms with Gasteiger partial charge in [-0.2, -0.15) is 0 Å². The van der Waals surface area contributed by atoms with E-state index in [1.165, 1.54) is 5.56 Å². The highest BCUT2D eigenvalue weighted by Crippen LogP contribution is 2.16. The first-order valence-electron chi connectivity index (χ1n) is 6.96. The molecule has 0 spiro atoms. The predicted molar refractivity (Wildman–Crippen MR) is 85.9 cm³/mol. The maximum Gasteiger partial charge on any atom is 0.270 e. The Morgan fingerprint density at radius 2 is 1.62 bits per heavy atom. The summed E-state index contributed by atoms with van der Waals surface area (Å²) in [6, 6.07) is 11.7. The van der Waals surface area contributed by atoms with Gasteiger partial charge in [-0.3, -0.25) is 4.79 Å². The number of nitrogens with zero attached hydrogens (tertiary/aromatic N) is 1. The molecule has 1 heterocycles. The first-order chi connectivity index (χ1) is 9.83. The van der Waals surface area contributed by atoms with Gasteiger partial charge in [0.2, 0.25) is 0 Å². The molecule has 4 heteroatoms. The zero-order valence-corrected chi connectivity index (χ0v) is 12.9. The Bertz CT molecular complexity index is 610. The SMILES string of the molecule is Cc1ccc(Nc2ccc(C(=O)NC(C)(C)C)nc2)cc1. The van der Waals surface area contributed by atoms with Gasteiger partial charge < -0.3 is 10.6 Å². The summed E-state index contributed by atoms with van der Waals surface area (Å²) in [5.41, 5.74) is 3.21. The summed E-state index contributed by atoms with van der Waals surface area (Å²) in [5, 5.41) is 6.14. The number of carbonyl (C=O) groups excluding carboxylic acids is 1. The zero-order valence-electron chi connectivity index (χ0n) is 12.9. The Hall–Kier alpha value is -2.36. The molecule has 0 radical (unpaired) electrons. The van der Waals surface area contributed by atoms with Crippen LogP contribution in [0.5, 0.6) is 0 Å². The Kier molecular flexibility index (Phi) is 4.26. The fourth-order valence-electron chi connectivity index (χ4n) is 1.81. The summed E-state index contributed by atoms with van der Waals surface area (Å²) in [5.74, 6) is -0.163. The van der Waals surface area contributed by atoms with Crippen molar-refractivity contribution in [1.82, 2.24) is 10.3 Å². The lowest BCUT2D eigenvalue weighted by Gasteiger charge is -2.20. The van der Waals surface area contributed by atoms with Gasteiger partial charge in [-0.1, -0.05) is 17.7 Å². The van der Waals surface area contributed by atoms with E-state index in [4.69, 9.17) is 0 Å². The molecule has 0 atom stereocenters. The van der Waals surface area contributed by atoms with Gasteiger partial charge >= 0.3 is 0 Å². The van der Waals surface area contributed by atoms with E-state index in [0.717, 1.165) is 11.4 Å². The van der Waals surface area contributed by atoms with E-state index in [0.29, 0.717) is 5.69 Å². The average molecular weight is 283 g/mol. The predicted octanol–water partition coefficient (Wildman–Crippen LogP) is 3.66. The molecule has 1 aromatic carbocycles. The van der Waals surface area contributed by atoms with E-state index in [2.05, 4.69) is 15.6 Å². The van der Waals surface area contributed by atoms with Gasteiger partial charge in [0.25, 0.3) is 5.91 Å². The smallest absolute Gasteiger partial charge is 0.270 e. The number of benzene rings is 1. The molecular weight excluding hydrogens is 262 g/mol. The van der Waals surface area contributed by atoms with Gasteiger partial charge in [0, 0.05) is 11.2 Å². The average Bonchev–Trinajstić information content (AvgIpc) is 2.40. The minimum Gasteiger partial charge on any atom is -0.354 e. The van der Waals surface area contributed by atoms with Crippen molar-refractivity contribution in [2.24, 2.45) is 0 Å². The third-order valence-electron chi connectivity index (χ3n) is 2.82. The Morgan fingerprint density at radius 3 is 2.14 bits per heavy atom. The second-order valence-corrected chi connectivity index (χ2v) is 6.13. The van der Waals surface area contributed by atoms with Crippen LogP contribution in [0.4, 0.5) is 11.4 Å². The standard InChI is InChI=1S/C17H21N3O/c1-12-5-7-13(8-6-12)19-14-9-10-15(18-11-14)16(21)20-17(2,3)4/h5-11,19H,1-4H3,(H,20,21). The van der Waals surface area contributed by atoms with E-state index >= 15 is 0 Å². The lowest BCUT2D eigenvalue weighted by molar-refractivity contribution is 0.0914. The molecule has 0 saturated carbocycles. The van der Waals surface area contributed by atoms with Crippen LogP contribution in [0.25, 0.3) is 0 Å². The number of hydrogen-bond acceptors (Lipinski definition) is 3. The number of hydrogen-bond donors (Lipinski definition) is 2. The number of rotatable bonds is 3. The van der Waals surface area contributed by atoms with Gasteiger partial charge in [0.05, 0.1) is 11.9 Å². The minimum atomic E-state index is -0.266. The van der Waals surface area contributed by atoms with Crippen LogP contribution in [0.15, 0.2) is 42.6 Å². The normalized spacial score (nSPS) is 11.0. The van der Waals surface area contributed by atoms with Crippen LogP contribution >= 0.6 is 0 Å². The topological polar surface area (TPSA) is 54.0 Å². The molecule has 0 aliphatic heterocycles. The summed E-state index contributed by atoms with van der Waals surface area (Å²) in [7, 11) is 0. The van der Waals surface area contributed by atoms with Crippen molar-refractivity contribution in [2.75, 3.05) is 5.32 Å². The molecule has 0 unspecified atom stereocenters. The summed E-state index contributed by atoms with van der Waals surface area (Å²) in [4.78, 5) is 16.2. The summed E-state index contributed by atoms with van der Waals surface area (Å²) >= 11 is 0. The van der Waals surface area contributed by atoms with E-state index in [-0.39, 0.29) is 11.4 Å². The highest BCUT2D eigenvalue weighted by atomic mass is 16.2. The maximum absolute atomic E-state index is 12.0. The fraction of sp³-hybridized carbons (Fsp3) is 0.294. The van der Waals surface area contributed by atoms with Gasteiger partial charge in [0.15, 0.2) is 0 Å².